The fraction of sp³-hybridized carbons (Fsp3) is 0.400. The van der Waals surface area contributed by atoms with Gasteiger partial charge in [0.2, 0.25) is 0 Å². The molecule has 2 unspecified atom stereocenters. The van der Waals surface area contributed by atoms with Crippen LogP contribution in [0.25, 0.3) is 22.4 Å². The molecule has 6 rings (SSSR count). The average molecular weight is 480 g/mol. The van der Waals surface area contributed by atoms with E-state index >= 15 is 0 Å². The molecule has 0 N–H and O–H groups in total. The van der Waals surface area contributed by atoms with Crippen LogP contribution in [0.5, 0.6) is 0 Å². The lowest BCUT2D eigenvalue weighted by molar-refractivity contribution is 0.00396. The van der Waals surface area contributed by atoms with Crippen LogP contribution in [0.3, 0.4) is 0 Å². The number of ether oxygens (including phenoxy) is 1. The second-order valence-electron chi connectivity index (χ2n) is 9.31. The van der Waals surface area contributed by atoms with E-state index in [2.05, 4.69) is 25.0 Å². The van der Waals surface area contributed by atoms with E-state index in [1.807, 2.05) is 17.1 Å². The summed E-state index contributed by atoms with van der Waals surface area (Å²) in [7, 11) is 0. The highest BCUT2D eigenvalue weighted by atomic mass is 19.1. The summed E-state index contributed by atoms with van der Waals surface area (Å²) in [5.74, 6) is -2.82. The molecule has 0 spiro atoms. The maximum atomic E-state index is 14.8. The van der Waals surface area contributed by atoms with E-state index in [1.54, 1.807) is 13.8 Å². The van der Waals surface area contributed by atoms with Gasteiger partial charge < -0.3 is 4.74 Å². The molecule has 4 heterocycles. The van der Waals surface area contributed by atoms with Crippen LogP contribution >= 0.6 is 0 Å². The SMILES string of the molecule is Cc1nc2nc(C3CCOC(c4cnn(C5CC5)c4)C3)nc(-c3c(F)cc(F)cc3F)c2nc1C. The van der Waals surface area contributed by atoms with Crippen LogP contribution in [-0.4, -0.2) is 36.3 Å². The van der Waals surface area contributed by atoms with Crippen LogP contribution < -0.4 is 0 Å². The molecule has 1 aliphatic heterocycles. The molecule has 1 saturated heterocycles. The molecule has 4 aromatic rings. The fourth-order valence-electron chi connectivity index (χ4n) is 4.58. The van der Waals surface area contributed by atoms with Crippen molar-refractivity contribution in [2.24, 2.45) is 0 Å². The molecule has 1 aromatic carbocycles. The fourth-order valence-corrected chi connectivity index (χ4v) is 4.58. The van der Waals surface area contributed by atoms with E-state index in [1.165, 1.54) is 0 Å². The van der Waals surface area contributed by atoms with Crippen molar-refractivity contribution in [1.29, 1.82) is 0 Å². The van der Waals surface area contributed by atoms with Gasteiger partial charge in [-0.1, -0.05) is 0 Å². The van der Waals surface area contributed by atoms with Gasteiger partial charge in [-0.15, -0.1) is 0 Å². The minimum atomic E-state index is -1.05. The van der Waals surface area contributed by atoms with E-state index < -0.39 is 23.0 Å². The Labute approximate surface area is 199 Å². The van der Waals surface area contributed by atoms with E-state index in [0.29, 0.717) is 54.8 Å². The predicted molar refractivity (Wildman–Crippen MR) is 121 cm³/mol. The van der Waals surface area contributed by atoms with E-state index in [-0.39, 0.29) is 28.9 Å². The van der Waals surface area contributed by atoms with E-state index in [9.17, 15) is 13.2 Å². The quantitative estimate of drug-likeness (QED) is 0.395. The molecule has 0 radical (unpaired) electrons. The third-order valence-electron chi connectivity index (χ3n) is 6.77. The van der Waals surface area contributed by atoms with E-state index in [0.717, 1.165) is 18.4 Å². The largest absolute Gasteiger partial charge is 0.373 e. The summed E-state index contributed by atoms with van der Waals surface area (Å²) in [5, 5.41) is 4.46. The van der Waals surface area contributed by atoms with Gasteiger partial charge >= 0.3 is 0 Å². The molecule has 2 atom stereocenters. The molecule has 0 amide bonds. The average Bonchev–Trinajstić information content (AvgIpc) is 3.55. The van der Waals surface area contributed by atoms with Gasteiger partial charge in [-0.2, -0.15) is 5.10 Å². The minimum absolute atomic E-state index is 0.0276. The molecule has 3 aromatic heterocycles. The van der Waals surface area contributed by atoms with Crippen LogP contribution in [0.2, 0.25) is 0 Å². The van der Waals surface area contributed by atoms with Gasteiger partial charge in [0.1, 0.15) is 34.5 Å². The Morgan fingerprint density at radius 1 is 0.943 bits per heavy atom. The Morgan fingerprint density at radius 2 is 1.69 bits per heavy atom. The van der Waals surface area contributed by atoms with Gasteiger partial charge in [-0.05, 0) is 39.5 Å². The van der Waals surface area contributed by atoms with Gasteiger partial charge in [-0.25, -0.2) is 33.1 Å². The summed E-state index contributed by atoms with van der Waals surface area (Å²) < 4.78 is 51.3. The van der Waals surface area contributed by atoms with Crippen molar-refractivity contribution in [2.75, 3.05) is 6.61 Å². The number of nitrogens with zero attached hydrogens (tertiary/aromatic N) is 6. The third-order valence-corrected chi connectivity index (χ3v) is 6.77. The summed E-state index contributed by atoms with van der Waals surface area (Å²) >= 11 is 0. The van der Waals surface area contributed by atoms with Crippen molar-refractivity contribution in [3.05, 3.63) is 64.8 Å². The van der Waals surface area contributed by atoms with Crippen LogP contribution in [0.4, 0.5) is 13.2 Å². The smallest absolute Gasteiger partial charge is 0.182 e. The van der Waals surface area contributed by atoms with E-state index in [4.69, 9.17) is 4.74 Å². The third kappa shape index (κ3) is 4.05. The maximum absolute atomic E-state index is 14.8. The van der Waals surface area contributed by atoms with Crippen molar-refractivity contribution in [3.63, 3.8) is 0 Å². The zero-order chi connectivity index (χ0) is 24.3. The normalized spacial score (nSPS) is 20.5. The molecule has 1 aliphatic carbocycles. The van der Waals surface area contributed by atoms with Crippen LogP contribution in [0, 0.1) is 31.3 Å². The molecule has 2 fully saturated rings. The lowest BCUT2D eigenvalue weighted by Crippen LogP contribution is -2.20. The lowest BCUT2D eigenvalue weighted by Gasteiger charge is -2.28. The van der Waals surface area contributed by atoms with Crippen LogP contribution in [-0.2, 0) is 4.74 Å². The van der Waals surface area contributed by atoms with Crippen molar-refractivity contribution in [3.8, 4) is 11.3 Å². The highest BCUT2D eigenvalue weighted by molar-refractivity contribution is 5.87. The number of aromatic nitrogens is 6. The lowest BCUT2D eigenvalue weighted by atomic mass is 9.92. The van der Waals surface area contributed by atoms with Crippen molar-refractivity contribution < 1.29 is 17.9 Å². The minimum Gasteiger partial charge on any atom is -0.373 e. The topological polar surface area (TPSA) is 78.6 Å². The van der Waals surface area contributed by atoms with Crippen molar-refractivity contribution in [1.82, 2.24) is 29.7 Å². The first-order valence-corrected chi connectivity index (χ1v) is 11.7. The monoisotopic (exact) mass is 480 g/mol. The predicted octanol–water partition coefficient (Wildman–Crippen LogP) is 5.29. The molecule has 35 heavy (non-hydrogen) atoms. The second-order valence-corrected chi connectivity index (χ2v) is 9.31. The Bertz CT molecular complexity index is 1430. The molecule has 0 bridgehead atoms. The molecule has 2 aliphatic rings. The number of rotatable bonds is 4. The molecule has 10 heteroatoms. The molecule has 180 valence electrons. The number of aryl methyl sites for hydroxylation is 2. The zero-order valence-electron chi connectivity index (χ0n) is 19.3. The van der Waals surface area contributed by atoms with Crippen molar-refractivity contribution >= 4 is 11.2 Å². The number of halogens is 3. The Kier molecular flexibility index (Phi) is 5.28. The Balaban J connectivity index is 1.44. The standard InChI is InChI=1S/C25H23F3N6O/c1-12-13(2)31-25-23(30-12)22(21-18(27)8-16(26)9-19(21)28)32-24(33-25)14-5-6-35-20(7-14)15-10-29-34(11-15)17-3-4-17/h8-11,14,17,20H,3-7H2,1-2H3. The van der Waals surface area contributed by atoms with Crippen LogP contribution in [0.15, 0.2) is 24.5 Å². The molecule has 1 saturated carbocycles. The number of benzene rings is 1. The van der Waals surface area contributed by atoms with Crippen molar-refractivity contribution in [2.45, 2.75) is 57.6 Å². The zero-order valence-corrected chi connectivity index (χ0v) is 19.3. The number of hydrogen-bond donors (Lipinski definition) is 0. The molecular weight excluding hydrogens is 457 g/mol. The van der Waals surface area contributed by atoms with Gasteiger partial charge in [-0.3, -0.25) is 4.68 Å². The number of fused-ring (bicyclic) bond motifs is 1. The first-order chi connectivity index (χ1) is 16.9. The maximum Gasteiger partial charge on any atom is 0.182 e. The Hall–Kier alpha value is -3.40. The second kappa shape index (κ2) is 8.37. The highest BCUT2D eigenvalue weighted by Crippen LogP contribution is 2.40. The molecule has 7 nitrogen and oxygen atoms in total. The van der Waals surface area contributed by atoms with Gasteiger partial charge in [0.25, 0.3) is 0 Å². The summed E-state index contributed by atoms with van der Waals surface area (Å²) in [6.07, 6.45) is 7.18. The summed E-state index contributed by atoms with van der Waals surface area (Å²) in [4.78, 5) is 18.3. The highest BCUT2D eigenvalue weighted by Gasteiger charge is 2.31. The van der Waals surface area contributed by atoms with Crippen LogP contribution in [0.1, 0.15) is 66.5 Å². The molecular formula is C25H23F3N6O. The summed E-state index contributed by atoms with van der Waals surface area (Å²) in [6, 6.07) is 1.76. The first-order valence-electron chi connectivity index (χ1n) is 11.7. The first kappa shape index (κ1) is 22.1. The summed E-state index contributed by atoms with van der Waals surface area (Å²) in [5.41, 5.74) is 2.20. The van der Waals surface area contributed by atoms with Gasteiger partial charge in [0.15, 0.2) is 5.65 Å². The van der Waals surface area contributed by atoms with Gasteiger partial charge in [0, 0.05) is 36.4 Å². The van der Waals surface area contributed by atoms with Gasteiger partial charge in [0.05, 0.1) is 35.3 Å². The summed E-state index contributed by atoms with van der Waals surface area (Å²) in [6.45, 7) is 4.03. The number of hydrogen-bond acceptors (Lipinski definition) is 6. The Morgan fingerprint density at radius 3 is 2.43 bits per heavy atom.